The summed E-state index contributed by atoms with van der Waals surface area (Å²) in [5.74, 6) is 0.0458. The van der Waals surface area contributed by atoms with Crippen LogP contribution in [0.5, 0.6) is 0 Å². The molecular weight excluding hydrogens is 252 g/mol. The highest BCUT2D eigenvalue weighted by Crippen LogP contribution is 2.28. The van der Waals surface area contributed by atoms with Gasteiger partial charge < -0.3 is 15.4 Å². The third-order valence-electron chi connectivity index (χ3n) is 3.87. The molecule has 1 fully saturated rings. The predicted molar refractivity (Wildman–Crippen MR) is 79.3 cm³/mol. The van der Waals surface area contributed by atoms with E-state index in [0.29, 0.717) is 13.1 Å². The zero-order valence-corrected chi connectivity index (χ0v) is 12.2. The van der Waals surface area contributed by atoms with Crippen LogP contribution in [0.15, 0.2) is 30.3 Å². The van der Waals surface area contributed by atoms with Gasteiger partial charge in [-0.05, 0) is 23.8 Å². The summed E-state index contributed by atoms with van der Waals surface area (Å²) in [5.41, 5.74) is 1.38. The molecule has 0 atom stereocenters. The molecule has 110 valence electrons. The number of nitrogens with one attached hydrogen (secondary N) is 2. The number of carbonyl (C=O) groups excluding carboxylic acids is 1. The lowest BCUT2D eigenvalue weighted by molar-refractivity contribution is -0.120. The molecule has 2 N–H and O–H groups in total. The molecule has 1 aromatic rings. The number of benzene rings is 1. The van der Waals surface area contributed by atoms with Crippen molar-refractivity contribution in [2.24, 2.45) is 5.41 Å². The van der Waals surface area contributed by atoms with Gasteiger partial charge in [-0.25, -0.2) is 0 Å². The second-order valence-corrected chi connectivity index (χ2v) is 5.79. The summed E-state index contributed by atoms with van der Waals surface area (Å²) in [5, 5.41) is 6.19. The van der Waals surface area contributed by atoms with Crippen molar-refractivity contribution in [1.29, 1.82) is 0 Å². The second kappa shape index (κ2) is 7.41. The van der Waals surface area contributed by atoms with E-state index in [1.54, 1.807) is 0 Å². The largest absolute Gasteiger partial charge is 0.381 e. The molecule has 0 spiro atoms. The highest BCUT2D eigenvalue weighted by molar-refractivity contribution is 5.77. The van der Waals surface area contributed by atoms with E-state index < -0.39 is 0 Å². The summed E-state index contributed by atoms with van der Waals surface area (Å²) in [7, 11) is 0. The fourth-order valence-corrected chi connectivity index (χ4v) is 2.38. The maximum absolute atomic E-state index is 11.8. The fraction of sp³-hybridized carbons (Fsp3) is 0.562. The summed E-state index contributed by atoms with van der Waals surface area (Å²) in [4.78, 5) is 11.8. The quantitative estimate of drug-likeness (QED) is 0.831. The van der Waals surface area contributed by atoms with Crippen LogP contribution in [-0.4, -0.2) is 32.2 Å². The lowest BCUT2D eigenvalue weighted by Gasteiger charge is -2.33. The topological polar surface area (TPSA) is 50.4 Å². The number of hydrogen-bond donors (Lipinski definition) is 2. The molecule has 0 unspecified atom stereocenters. The molecule has 4 heteroatoms. The molecule has 1 amide bonds. The molecule has 1 aliphatic rings. The zero-order chi connectivity index (χ0) is 14.3. The number of ether oxygens (including phenoxy) is 1. The van der Waals surface area contributed by atoms with Crippen LogP contribution in [0, 0.1) is 5.41 Å². The molecular formula is C16H24N2O2. The Morgan fingerprint density at radius 2 is 1.95 bits per heavy atom. The van der Waals surface area contributed by atoms with Crippen molar-refractivity contribution in [2.75, 3.05) is 26.3 Å². The molecule has 1 aliphatic heterocycles. The average Bonchev–Trinajstić information content (AvgIpc) is 2.47. The van der Waals surface area contributed by atoms with Crippen LogP contribution in [0.1, 0.15) is 25.3 Å². The zero-order valence-electron chi connectivity index (χ0n) is 12.2. The Morgan fingerprint density at radius 3 is 2.65 bits per heavy atom. The Balaban J connectivity index is 1.63. The van der Waals surface area contributed by atoms with Crippen LogP contribution in [0.3, 0.4) is 0 Å². The highest BCUT2D eigenvalue weighted by atomic mass is 16.5. The average molecular weight is 276 g/mol. The van der Waals surface area contributed by atoms with Gasteiger partial charge in [0, 0.05) is 26.3 Å². The van der Waals surface area contributed by atoms with Crippen molar-refractivity contribution in [1.82, 2.24) is 10.6 Å². The van der Waals surface area contributed by atoms with E-state index in [1.165, 1.54) is 0 Å². The van der Waals surface area contributed by atoms with E-state index in [0.717, 1.165) is 38.2 Å². The van der Waals surface area contributed by atoms with Gasteiger partial charge in [0.05, 0.1) is 6.54 Å². The van der Waals surface area contributed by atoms with Crippen molar-refractivity contribution in [3.8, 4) is 0 Å². The van der Waals surface area contributed by atoms with Crippen molar-refractivity contribution < 1.29 is 9.53 Å². The Kier molecular flexibility index (Phi) is 5.56. The van der Waals surface area contributed by atoms with Gasteiger partial charge >= 0.3 is 0 Å². The van der Waals surface area contributed by atoms with Gasteiger partial charge in [0.25, 0.3) is 0 Å². The van der Waals surface area contributed by atoms with Crippen LogP contribution < -0.4 is 10.6 Å². The molecule has 20 heavy (non-hydrogen) atoms. The minimum atomic E-state index is 0.0458. The smallest absolute Gasteiger partial charge is 0.234 e. The van der Waals surface area contributed by atoms with Gasteiger partial charge in [-0.15, -0.1) is 0 Å². The molecule has 2 rings (SSSR count). The maximum Gasteiger partial charge on any atom is 0.234 e. The molecule has 0 aliphatic carbocycles. The predicted octanol–water partition coefficient (Wildman–Crippen LogP) is 1.71. The first kappa shape index (κ1) is 15.0. The lowest BCUT2D eigenvalue weighted by Crippen LogP contribution is -2.41. The highest BCUT2D eigenvalue weighted by Gasteiger charge is 2.26. The number of carbonyl (C=O) groups is 1. The lowest BCUT2D eigenvalue weighted by atomic mass is 9.82. The van der Waals surface area contributed by atoms with Gasteiger partial charge in [-0.2, -0.15) is 0 Å². The summed E-state index contributed by atoms with van der Waals surface area (Å²) >= 11 is 0. The standard InChI is InChI=1S/C16H24N2O2/c1-16(7-9-20-10-8-16)13-17-12-15(19)18-11-14-5-3-2-4-6-14/h2-6,17H,7-13H2,1H3,(H,18,19). The number of hydrogen-bond acceptors (Lipinski definition) is 3. The van der Waals surface area contributed by atoms with Crippen molar-refractivity contribution >= 4 is 5.91 Å². The molecule has 0 aromatic heterocycles. The first-order chi connectivity index (χ1) is 9.68. The van der Waals surface area contributed by atoms with Gasteiger partial charge in [0.2, 0.25) is 5.91 Å². The molecule has 1 aromatic carbocycles. The monoisotopic (exact) mass is 276 g/mol. The normalized spacial score (nSPS) is 17.6. The van der Waals surface area contributed by atoms with Crippen molar-refractivity contribution in [2.45, 2.75) is 26.3 Å². The molecule has 1 saturated heterocycles. The Morgan fingerprint density at radius 1 is 1.25 bits per heavy atom. The third-order valence-corrected chi connectivity index (χ3v) is 3.87. The van der Waals surface area contributed by atoms with E-state index in [1.807, 2.05) is 30.3 Å². The summed E-state index contributed by atoms with van der Waals surface area (Å²) in [6.07, 6.45) is 2.12. The Hall–Kier alpha value is -1.39. The molecule has 0 radical (unpaired) electrons. The van der Waals surface area contributed by atoms with Gasteiger partial charge in [0.15, 0.2) is 0 Å². The van der Waals surface area contributed by atoms with Crippen LogP contribution >= 0.6 is 0 Å². The summed E-state index contributed by atoms with van der Waals surface area (Å²) < 4.78 is 5.37. The van der Waals surface area contributed by atoms with Crippen LogP contribution in [0.2, 0.25) is 0 Å². The minimum absolute atomic E-state index is 0.0458. The van der Waals surface area contributed by atoms with Gasteiger partial charge in [0.1, 0.15) is 0 Å². The van der Waals surface area contributed by atoms with Gasteiger partial charge in [-0.3, -0.25) is 4.79 Å². The minimum Gasteiger partial charge on any atom is -0.381 e. The first-order valence-corrected chi connectivity index (χ1v) is 7.27. The maximum atomic E-state index is 11.8. The van der Waals surface area contributed by atoms with Crippen LogP contribution in [0.25, 0.3) is 0 Å². The van der Waals surface area contributed by atoms with E-state index in [2.05, 4.69) is 17.6 Å². The van der Waals surface area contributed by atoms with E-state index >= 15 is 0 Å². The van der Waals surface area contributed by atoms with E-state index in [4.69, 9.17) is 4.74 Å². The van der Waals surface area contributed by atoms with E-state index in [-0.39, 0.29) is 11.3 Å². The Bertz CT molecular complexity index is 414. The molecule has 0 saturated carbocycles. The summed E-state index contributed by atoms with van der Waals surface area (Å²) in [6, 6.07) is 9.95. The van der Waals surface area contributed by atoms with Crippen LogP contribution in [0.4, 0.5) is 0 Å². The third kappa shape index (κ3) is 4.94. The number of rotatable bonds is 6. The van der Waals surface area contributed by atoms with E-state index in [9.17, 15) is 4.79 Å². The van der Waals surface area contributed by atoms with Crippen molar-refractivity contribution in [3.05, 3.63) is 35.9 Å². The molecule has 0 bridgehead atoms. The molecule has 1 heterocycles. The second-order valence-electron chi connectivity index (χ2n) is 5.79. The Labute approximate surface area is 120 Å². The van der Waals surface area contributed by atoms with Crippen molar-refractivity contribution in [3.63, 3.8) is 0 Å². The SMILES string of the molecule is CC1(CNCC(=O)NCc2ccccc2)CCOCC1. The van der Waals surface area contributed by atoms with Crippen LogP contribution in [-0.2, 0) is 16.1 Å². The first-order valence-electron chi connectivity index (χ1n) is 7.27. The number of amides is 1. The molecule has 4 nitrogen and oxygen atoms in total. The van der Waals surface area contributed by atoms with Gasteiger partial charge in [-0.1, -0.05) is 37.3 Å². The fourth-order valence-electron chi connectivity index (χ4n) is 2.38. The summed E-state index contributed by atoms with van der Waals surface area (Å²) in [6.45, 7) is 5.76.